The van der Waals surface area contributed by atoms with Crippen molar-refractivity contribution in [1.29, 1.82) is 0 Å². The number of phenols is 1. The van der Waals surface area contributed by atoms with E-state index in [-0.39, 0.29) is 17.0 Å². The molecule has 0 aliphatic rings. The van der Waals surface area contributed by atoms with Crippen molar-refractivity contribution in [2.24, 2.45) is 5.10 Å². The number of rotatable bonds is 4. The van der Waals surface area contributed by atoms with Crippen LogP contribution >= 0.6 is 0 Å². The number of amides is 2. The van der Waals surface area contributed by atoms with Crippen LogP contribution in [-0.4, -0.2) is 28.8 Å². The van der Waals surface area contributed by atoms with Gasteiger partial charge in [-0.3, -0.25) is 9.59 Å². The van der Waals surface area contributed by atoms with Crippen LogP contribution in [0.15, 0.2) is 65.8 Å². The topological polar surface area (TPSA) is 90.8 Å². The highest BCUT2D eigenvalue weighted by Gasteiger charge is 2.38. The van der Waals surface area contributed by atoms with Gasteiger partial charge in [-0.1, -0.05) is 36.4 Å². The number of halogens is 3. The van der Waals surface area contributed by atoms with Crippen molar-refractivity contribution in [2.45, 2.75) is 13.1 Å². The van der Waals surface area contributed by atoms with Crippen LogP contribution in [0, 0.1) is 0 Å². The van der Waals surface area contributed by atoms with Gasteiger partial charge >= 0.3 is 12.1 Å². The molecule has 2 amide bonds. The predicted molar refractivity (Wildman–Crippen MR) is 106 cm³/mol. The zero-order valence-electron chi connectivity index (χ0n) is 15.6. The van der Waals surface area contributed by atoms with Gasteiger partial charge in [-0.2, -0.15) is 18.3 Å². The minimum Gasteiger partial charge on any atom is -0.507 e. The molecule has 0 heterocycles. The van der Waals surface area contributed by atoms with Gasteiger partial charge in [-0.15, -0.1) is 0 Å². The molecule has 0 atom stereocenters. The van der Waals surface area contributed by atoms with Crippen LogP contribution in [0.4, 0.5) is 18.9 Å². The first-order valence-electron chi connectivity index (χ1n) is 8.70. The Morgan fingerprint density at radius 3 is 2.17 bits per heavy atom. The van der Waals surface area contributed by atoms with E-state index in [2.05, 4.69) is 10.5 Å². The fourth-order valence-corrected chi connectivity index (χ4v) is 2.67. The summed E-state index contributed by atoms with van der Waals surface area (Å²) in [6.45, 7) is 1.59. The van der Waals surface area contributed by atoms with E-state index >= 15 is 0 Å². The first-order valence-corrected chi connectivity index (χ1v) is 8.70. The number of benzene rings is 3. The molecular formula is C21H16F3N3O3. The first-order chi connectivity index (χ1) is 14.1. The number of anilines is 1. The summed E-state index contributed by atoms with van der Waals surface area (Å²) in [7, 11) is 0. The average Bonchev–Trinajstić information content (AvgIpc) is 2.71. The highest BCUT2D eigenvalue weighted by atomic mass is 19.4. The van der Waals surface area contributed by atoms with Crippen molar-refractivity contribution in [3.63, 3.8) is 0 Å². The van der Waals surface area contributed by atoms with E-state index in [0.717, 1.165) is 10.8 Å². The molecule has 0 saturated carbocycles. The lowest BCUT2D eigenvalue weighted by atomic mass is 10.1. The minimum absolute atomic E-state index is 0.0287. The van der Waals surface area contributed by atoms with Crippen molar-refractivity contribution in [1.82, 2.24) is 5.43 Å². The van der Waals surface area contributed by atoms with Gasteiger partial charge in [0.05, 0.1) is 11.3 Å². The quantitative estimate of drug-likeness (QED) is 0.441. The van der Waals surface area contributed by atoms with Crippen LogP contribution < -0.4 is 10.7 Å². The molecule has 0 aliphatic carbocycles. The Morgan fingerprint density at radius 2 is 1.57 bits per heavy atom. The molecule has 30 heavy (non-hydrogen) atoms. The Balaban J connectivity index is 1.71. The van der Waals surface area contributed by atoms with Crippen LogP contribution in [0.25, 0.3) is 10.8 Å². The lowest BCUT2D eigenvalue weighted by Gasteiger charge is -2.09. The number of fused-ring (bicyclic) bond motifs is 1. The summed E-state index contributed by atoms with van der Waals surface area (Å²) in [5.41, 5.74) is 3.25. The van der Waals surface area contributed by atoms with Crippen molar-refractivity contribution in [2.75, 3.05) is 5.32 Å². The second-order valence-corrected chi connectivity index (χ2v) is 6.38. The standard InChI is InChI=1S/C21H16F3N3O3/c1-12(13-6-8-16(9-7-13)25-20(30)21(22,23)24)26-27-19(29)17-10-14-4-2-3-5-15(14)11-18(17)28/h2-11,28H,1H3,(H,25,30)(H,27,29). The summed E-state index contributed by atoms with van der Waals surface area (Å²) in [6, 6.07) is 15.7. The van der Waals surface area contributed by atoms with Crippen LogP contribution in [0.5, 0.6) is 5.75 Å². The fraction of sp³-hybridized carbons (Fsp3) is 0.0952. The summed E-state index contributed by atoms with van der Waals surface area (Å²) in [4.78, 5) is 23.3. The molecule has 3 aromatic carbocycles. The molecule has 0 unspecified atom stereocenters. The molecule has 3 rings (SSSR count). The van der Waals surface area contributed by atoms with Crippen LogP contribution in [0.3, 0.4) is 0 Å². The molecule has 0 bridgehead atoms. The highest BCUT2D eigenvalue weighted by molar-refractivity contribution is 6.04. The maximum atomic E-state index is 12.4. The number of alkyl halides is 3. The molecule has 154 valence electrons. The van der Waals surface area contributed by atoms with E-state index in [1.54, 1.807) is 30.4 Å². The van der Waals surface area contributed by atoms with E-state index < -0.39 is 18.0 Å². The number of nitrogens with zero attached hydrogens (tertiary/aromatic N) is 1. The largest absolute Gasteiger partial charge is 0.507 e. The molecular weight excluding hydrogens is 399 g/mol. The molecule has 0 spiro atoms. The Kier molecular flexibility index (Phi) is 5.72. The third-order valence-electron chi connectivity index (χ3n) is 4.25. The number of hydrogen-bond donors (Lipinski definition) is 3. The second-order valence-electron chi connectivity index (χ2n) is 6.38. The van der Waals surface area contributed by atoms with Gasteiger partial charge < -0.3 is 10.4 Å². The third-order valence-corrected chi connectivity index (χ3v) is 4.25. The van der Waals surface area contributed by atoms with Gasteiger partial charge in [0.1, 0.15) is 5.75 Å². The highest BCUT2D eigenvalue weighted by Crippen LogP contribution is 2.25. The van der Waals surface area contributed by atoms with Crippen LogP contribution in [-0.2, 0) is 4.79 Å². The molecule has 6 nitrogen and oxygen atoms in total. The maximum absolute atomic E-state index is 12.4. The van der Waals surface area contributed by atoms with Crippen molar-refractivity contribution >= 4 is 34.0 Å². The van der Waals surface area contributed by atoms with E-state index in [9.17, 15) is 27.9 Å². The third kappa shape index (κ3) is 4.75. The average molecular weight is 415 g/mol. The molecule has 0 aliphatic heterocycles. The number of aromatic hydroxyl groups is 1. The molecule has 0 saturated heterocycles. The molecule has 3 aromatic rings. The maximum Gasteiger partial charge on any atom is 0.471 e. The number of phenolic OH excluding ortho intramolecular Hbond substituents is 1. The van der Waals surface area contributed by atoms with Crippen LogP contribution in [0.1, 0.15) is 22.8 Å². The van der Waals surface area contributed by atoms with Gasteiger partial charge in [0, 0.05) is 5.69 Å². The lowest BCUT2D eigenvalue weighted by molar-refractivity contribution is -0.167. The summed E-state index contributed by atoms with van der Waals surface area (Å²) in [5, 5.41) is 17.4. The molecule has 3 N–H and O–H groups in total. The molecule has 0 aromatic heterocycles. The first kappa shape index (κ1) is 20.8. The number of carbonyl (C=O) groups excluding carboxylic acids is 2. The molecule has 0 fully saturated rings. The molecule has 0 radical (unpaired) electrons. The van der Waals surface area contributed by atoms with Crippen molar-refractivity contribution < 1.29 is 27.9 Å². The molecule has 9 heteroatoms. The smallest absolute Gasteiger partial charge is 0.471 e. The predicted octanol–water partition coefficient (Wildman–Crippen LogP) is 4.20. The van der Waals surface area contributed by atoms with Gasteiger partial charge in [-0.05, 0) is 47.5 Å². The zero-order valence-corrected chi connectivity index (χ0v) is 15.6. The van der Waals surface area contributed by atoms with Gasteiger partial charge in [0.25, 0.3) is 5.91 Å². The minimum atomic E-state index is -4.98. The Bertz CT molecular complexity index is 1140. The van der Waals surface area contributed by atoms with Crippen LogP contribution in [0.2, 0.25) is 0 Å². The summed E-state index contributed by atoms with van der Waals surface area (Å²) in [5.74, 6) is -2.88. The Morgan fingerprint density at radius 1 is 0.967 bits per heavy atom. The van der Waals surface area contributed by atoms with E-state index in [0.29, 0.717) is 11.3 Å². The summed E-state index contributed by atoms with van der Waals surface area (Å²) < 4.78 is 36.9. The lowest BCUT2D eigenvalue weighted by Crippen LogP contribution is -2.29. The monoisotopic (exact) mass is 415 g/mol. The number of nitrogens with one attached hydrogen (secondary N) is 2. The fourth-order valence-electron chi connectivity index (χ4n) is 2.67. The van der Waals surface area contributed by atoms with E-state index in [1.807, 2.05) is 12.1 Å². The second kappa shape index (κ2) is 8.24. The summed E-state index contributed by atoms with van der Waals surface area (Å²) >= 11 is 0. The number of carbonyl (C=O) groups is 2. The van der Waals surface area contributed by atoms with E-state index in [4.69, 9.17) is 0 Å². The van der Waals surface area contributed by atoms with Gasteiger partial charge in [0.2, 0.25) is 0 Å². The Labute approximate surface area is 169 Å². The van der Waals surface area contributed by atoms with Gasteiger partial charge in [-0.25, -0.2) is 5.43 Å². The van der Waals surface area contributed by atoms with Crippen molar-refractivity contribution in [3.05, 3.63) is 71.8 Å². The van der Waals surface area contributed by atoms with Crippen molar-refractivity contribution in [3.8, 4) is 5.75 Å². The summed E-state index contributed by atoms with van der Waals surface area (Å²) in [6.07, 6.45) is -4.98. The van der Waals surface area contributed by atoms with Gasteiger partial charge in [0.15, 0.2) is 0 Å². The SMILES string of the molecule is CC(=NNC(=O)c1cc2ccccc2cc1O)c1ccc(NC(=O)C(F)(F)F)cc1. The normalized spacial score (nSPS) is 11.9. The number of hydrazone groups is 1. The number of hydrogen-bond acceptors (Lipinski definition) is 4. The van der Waals surface area contributed by atoms with E-state index in [1.165, 1.54) is 30.3 Å². The Hall–Kier alpha value is -3.88. The zero-order chi connectivity index (χ0) is 21.9.